The van der Waals surface area contributed by atoms with Crippen molar-refractivity contribution in [2.75, 3.05) is 13.2 Å². The van der Waals surface area contributed by atoms with Crippen molar-refractivity contribution in [1.82, 2.24) is 5.32 Å². The zero-order valence-electron chi connectivity index (χ0n) is 12.1. The number of guanidine groups is 1. The van der Waals surface area contributed by atoms with E-state index < -0.39 is 12.8 Å². The second-order valence-electron chi connectivity index (χ2n) is 4.56. The Morgan fingerprint density at radius 2 is 1.91 bits per heavy atom. The third-order valence-electron chi connectivity index (χ3n) is 2.33. The minimum atomic E-state index is -4.34. The van der Waals surface area contributed by atoms with Crippen molar-refractivity contribution in [3.8, 4) is 5.75 Å². The van der Waals surface area contributed by atoms with Gasteiger partial charge in [0.05, 0.1) is 6.54 Å². The number of hydrogen-bond donors (Lipinski definition) is 2. The van der Waals surface area contributed by atoms with Crippen molar-refractivity contribution in [3.63, 3.8) is 0 Å². The zero-order valence-corrected chi connectivity index (χ0v) is 14.4. The molecule has 0 aromatic heterocycles. The van der Waals surface area contributed by atoms with Gasteiger partial charge in [0.25, 0.3) is 0 Å². The summed E-state index contributed by atoms with van der Waals surface area (Å²) >= 11 is 0. The normalized spacial score (nSPS) is 11.5. The van der Waals surface area contributed by atoms with Gasteiger partial charge < -0.3 is 15.8 Å². The number of rotatable bonds is 6. The maximum atomic E-state index is 12.0. The minimum Gasteiger partial charge on any atom is -0.484 e. The number of nitrogens with two attached hydrogens (primary N) is 1. The molecule has 0 saturated carbocycles. The van der Waals surface area contributed by atoms with E-state index in [2.05, 4.69) is 21.6 Å². The van der Waals surface area contributed by atoms with Crippen LogP contribution in [0.3, 0.4) is 0 Å². The molecule has 3 N–H and O–H groups in total. The molecule has 22 heavy (non-hydrogen) atoms. The van der Waals surface area contributed by atoms with Crippen LogP contribution in [0.5, 0.6) is 5.75 Å². The first-order chi connectivity index (χ1) is 9.76. The number of nitrogens with one attached hydrogen (secondary N) is 1. The van der Waals surface area contributed by atoms with E-state index in [1.54, 1.807) is 12.1 Å². The molecule has 0 radical (unpaired) electrons. The lowest BCUT2D eigenvalue weighted by molar-refractivity contribution is -0.153. The van der Waals surface area contributed by atoms with Crippen molar-refractivity contribution in [1.29, 1.82) is 0 Å². The lowest BCUT2D eigenvalue weighted by Crippen LogP contribution is -2.32. The summed E-state index contributed by atoms with van der Waals surface area (Å²) < 4.78 is 40.6. The zero-order chi connectivity index (χ0) is 15.9. The summed E-state index contributed by atoms with van der Waals surface area (Å²) in [5.74, 6) is 0.448. The Morgan fingerprint density at radius 1 is 1.32 bits per heavy atom. The molecule has 4 nitrogen and oxygen atoms in total. The van der Waals surface area contributed by atoms with Crippen LogP contribution in [0, 0.1) is 0 Å². The van der Waals surface area contributed by atoms with E-state index in [0.29, 0.717) is 13.1 Å². The average Bonchev–Trinajstić information content (AvgIpc) is 2.41. The molecule has 0 atom stereocenters. The van der Waals surface area contributed by atoms with E-state index >= 15 is 0 Å². The number of alkyl halides is 3. The number of hydrogen-bond acceptors (Lipinski definition) is 2. The predicted molar refractivity (Wildman–Crippen MR) is 91.6 cm³/mol. The van der Waals surface area contributed by atoms with Gasteiger partial charge in [0.15, 0.2) is 12.6 Å². The van der Waals surface area contributed by atoms with Gasteiger partial charge in [-0.05, 0) is 24.6 Å². The fourth-order valence-electron chi connectivity index (χ4n) is 1.33. The summed E-state index contributed by atoms with van der Waals surface area (Å²) in [6.45, 7) is 5.15. The van der Waals surface area contributed by atoms with E-state index in [1.807, 2.05) is 6.92 Å². The Balaban J connectivity index is 0.00000441. The first kappa shape index (κ1) is 20.6. The Bertz CT molecular complexity index is 501. The molecule has 0 spiro atoms. The average molecular weight is 429 g/mol. The maximum absolute atomic E-state index is 12.0. The first-order valence-corrected chi connectivity index (χ1v) is 6.23. The molecule has 1 aromatic carbocycles. The monoisotopic (exact) mass is 429 g/mol. The molecule has 0 amide bonds. The van der Waals surface area contributed by atoms with Crippen LogP contribution in [-0.2, 0) is 6.54 Å². The third-order valence-corrected chi connectivity index (χ3v) is 2.33. The van der Waals surface area contributed by atoms with Crippen LogP contribution in [0.1, 0.15) is 12.5 Å². The van der Waals surface area contributed by atoms with E-state index in [0.717, 1.165) is 11.1 Å². The highest BCUT2D eigenvalue weighted by molar-refractivity contribution is 14.0. The highest BCUT2D eigenvalue weighted by atomic mass is 127. The van der Waals surface area contributed by atoms with Crippen LogP contribution in [0.25, 0.3) is 0 Å². The van der Waals surface area contributed by atoms with Gasteiger partial charge in [-0.15, -0.1) is 24.0 Å². The van der Waals surface area contributed by atoms with E-state index in [-0.39, 0.29) is 35.7 Å². The summed E-state index contributed by atoms with van der Waals surface area (Å²) in [5.41, 5.74) is 7.39. The van der Waals surface area contributed by atoms with Gasteiger partial charge in [-0.2, -0.15) is 13.2 Å². The summed E-state index contributed by atoms with van der Waals surface area (Å²) in [7, 11) is 0. The molecular formula is C14H19F3IN3O. The molecule has 0 aliphatic rings. The van der Waals surface area contributed by atoms with Crippen LogP contribution in [0.4, 0.5) is 13.2 Å². The van der Waals surface area contributed by atoms with Gasteiger partial charge in [-0.3, -0.25) is 0 Å². The lowest BCUT2D eigenvalue weighted by Gasteiger charge is -2.09. The first-order valence-electron chi connectivity index (χ1n) is 6.23. The Labute approximate surface area is 144 Å². The molecule has 0 aliphatic heterocycles. The van der Waals surface area contributed by atoms with Crippen LogP contribution in [-0.4, -0.2) is 25.3 Å². The number of halogens is 4. The molecular weight excluding hydrogens is 410 g/mol. The highest BCUT2D eigenvalue weighted by Gasteiger charge is 2.28. The van der Waals surface area contributed by atoms with Crippen LogP contribution >= 0.6 is 24.0 Å². The molecule has 0 fully saturated rings. The van der Waals surface area contributed by atoms with Gasteiger partial charge in [0.2, 0.25) is 0 Å². The standard InChI is InChI=1S/C14H18F3N3O.HI/c1-10(2)7-19-13(18)20-8-11-3-5-12(6-4-11)21-9-14(15,16)17;/h3-6H,1,7-9H2,2H3,(H3,18,19,20);1H. The molecule has 0 heterocycles. The van der Waals surface area contributed by atoms with Crippen molar-refractivity contribution in [2.24, 2.45) is 10.7 Å². The fraction of sp³-hybridized carbons (Fsp3) is 0.357. The van der Waals surface area contributed by atoms with Crippen molar-refractivity contribution in [2.45, 2.75) is 19.6 Å². The topological polar surface area (TPSA) is 59.6 Å². The third kappa shape index (κ3) is 9.48. The minimum absolute atomic E-state index is 0. The largest absolute Gasteiger partial charge is 0.484 e. The lowest BCUT2D eigenvalue weighted by atomic mass is 10.2. The van der Waals surface area contributed by atoms with Crippen LogP contribution < -0.4 is 15.8 Å². The summed E-state index contributed by atoms with van der Waals surface area (Å²) in [6.07, 6.45) is -4.34. The predicted octanol–water partition coefficient (Wildman–Crippen LogP) is 3.23. The molecule has 1 aromatic rings. The summed E-state index contributed by atoms with van der Waals surface area (Å²) in [5, 5.41) is 2.88. The summed E-state index contributed by atoms with van der Waals surface area (Å²) in [6, 6.07) is 6.21. The van der Waals surface area contributed by atoms with Gasteiger partial charge in [0.1, 0.15) is 5.75 Å². The van der Waals surface area contributed by atoms with Crippen molar-refractivity contribution < 1.29 is 17.9 Å². The number of aliphatic imine (C=N–C) groups is 1. The van der Waals surface area contributed by atoms with Gasteiger partial charge in [-0.1, -0.05) is 24.3 Å². The number of ether oxygens (including phenoxy) is 1. The maximum Gasteiger partial charge on any atom is 0.422 e. The number of benzene rings is 1. The van der Waals surface area contributed by atoms with E-state index in [4.69, 9.17) is 5.73 Å². The molecule has 0 aliphatic carbocycles. The molecule has 0 unspecified atom stereocenters. The Kier molecular flexibility index (Phi) is 8.91. The second-order valence-corrected chi connectivity index (χ2v) is 4.56. The SMILES string of the molecule is C=C(C)CNC(N)=NCc1ccc(OCC(F)(F)F)cc1.I. The van der Waals surface area contributed by atoms with E-state index in [9.17, 15) is 13.2 Å². The quantitative estimate of drug-likeness (QED) is 0.316. The van der Waals surface area contributed by atoms with E-state index in [1.165, 1.54) is 12.1 Å². The smallest absolute Gasteiger partial charge is 0.422 e. The summed E-state index contributed by atoms with van der Waals surface area (Å²) in [4.78, 5) is 4.10. The second kappa shape index (κ2) is 9.54. The van der Waals surface area contributed by atoms with Gasteiger partial charge in [-0.25, -0.2) is 4.99 Å². The van der Waals surface area contributed by atoms with Crippen LogP contribution in [0.15, 0.2) is 41.4 Å². The molecule has 0 saturated heterocycles. The number of nitrogens with zero attached hydrogens (tertiary/aromatic N) is 1. The van der Waals surface area contributed by atoms with Crippen molar-refractivity contribution >= 4 is 29.9 Å². The Hall–Kier alpha value is -1.45. The highest BCUT2D eigenvalue weighted by Crippen LogP contribution is 2.18. The fourth-order valence-corrected chi connectivity index (χ4v) is 1.33. The van der Waals surface area contributed by atoms with Gasteiger partial charge in [0, 0.05) is 6.54 Å². The molecule has 8 heteroatoms. The van der Waals surface area contributed by atoms with Crippen LogP contribution in [0.2, 0.25) is 0 Å². The molecule has 0 bridgehead atoms. The van der Waals surface area contributed by atoms with Crippen molar-refractivity contribution in [3.05, 3.63) is 42.0 Å². The molecule has 124 valence electrons. The molecule has 1 rings (SSSR count). The van der Waals surface area contributed by atoms with Gasteiger partial charge >= 0.3 is 6.18 Å². The Morgan fingerprint density at radius 3 is 2.41 bits per heavy atom.